The summed E-state index contributed by atoms with van der Waals surface area (Å²) in [5, 5.41) is 2.54. The van der Waals surface area contributed by atoms with Gasteiger partial charge in [-0.1, -0.05) is 72.8 Å². The first-order valence-corrected chi connectivity index (χ1v) is 13.1. The van der Waals surface area contributed by atoms with Crippen molar-refractivity contribution in [2.45, 2.75) is 19.4 Å². The van der Waals surface area contributed by atoms with Gasteiger partial charge in [-0.3, -0.25) is 4.57 Å². The van der Waals surface area contributed by atoms with Gasteiger partial charge >= 0.3 is 7.60 Å². The summed E-state index contributed by atoms with van der Waals surface area (Å²) >= 11 is 0. The first kappa shape index (κ1) is 22.6. The van der Waals surface area contributed by atoms with E-state index in [0.717, 1.165) is 33.2 Å². The highest BCUT2D eigenvalue weighted by Crippen LogP contribution is 2.48. The number of ether oxygens (including phenoxy) is 1. The summed E-state index contributed by atoms with van der Waals surface area (Å²) in [5.41, 5.74) is 2.40. The Morgan fingerprint density at radius 1 is 0.794 bits per heavy atom. The van der Waals surface area contributed by atoms with Crippen LogP contribution in [0.3, 0.4) is 0 Å². The van der Waals surface area contributed by atoms with E-state index in [0.29, 0.717) is 18.5 Å². The van der Waals surface area contributed by atoms with E-state index in [2.05, 4.69) is 36.4 Å². The molecular weight excluding hydrogens is 443 g/mol. The van der Waals surface area contributed by atoms with Gasteiger partial charge in [0.05, 0.1) is 18.5 Å². The van der Waals surface area contributed by atoms with Gasteiger partial charge in [-0.15, -0.1) is 0 Å². The summed E-state index contributed by atoms with van der Waals surface area (Å²) < 4.78 is 31.1. The lowest BCUT2D eigenvalue weighted by Crippen LogP contribution is -2.34. The molecule has 1 aliphatic rings. The third-order valence-electron chi connectivity index (χ3n) is 6.08. The highest BCUT2D eigenvalue weighted by atomic mass is 31.2. The van der Waals surface area contributed by atoms with E-state index in [1.165, 1.54) is 0 Å². The van der Waals surface area contributed by atoms with Crippen molar-refractivity contribution in [3.63, 3.8) is 0 Å². The smallest absolute Gasteiger partial charge is 0.361 e. The average Bonchev–Trinajstić information content (AvgIpc) is 2.89. The van der Waals surface area contributed by atoms with Crippen molar-refractivity contribution < 1.29 is 18.3 Å². The monoisotopic (exact) mass is 470 g/mol. The molecule has 34 heavy (non-hydrogen) atoms. The Labute approximate surface area is 200 Å². The lowest BCUT2D eigenvalue weighted by molar-refractivity contribution is 0.161. The van der Waals surface area contributed by atoms with Gasteiger partial charge in [0, 0.05) is 16.7 Å². The van der Waals surface area contributed by atoms with Crippen LogP contribution in [0.2, 0.25) is 0 Å². The van der Waals surface area contributed by atoms with Gasteiger partial charge in [0.25, 0.3) is 0 Å². The molecule has 0 fully saturated rings. The zero-order chi connectivity index (χ0) is 23.6. The Balaban J connectivity index is 1.62. The second-order valence-corrected chi connectivity index (χ2v) is 10.1. The second kappa shape index (κ2) is 9.23. The summed E-state index contributed by atoms with van der Waals surface area (Å²) in [6.07, 6.45) is 4.25. The number of fused-ring (bicyclic) bond motifs is 3. The maximum absolute atomic E-state index is 13.3. The number of hydrogen-bond donors (Lipinski definition) is 0. The molecule has 0 saturated carbocycles. The van der Waals surface area contributed by atoms with E-state index in [1.807, 2.05) is 80.6 Å². The minimum Gasteiger partial charge on any atom is -0.473 e. The standard InChI is InChI=1S/C29H27O4P/c1-3-31-34(30,32-4-2)25-16-17-26-22(21-25)15-18-28-27(26)19-20-29(33-28,23-11-7-5-8-12-23)24-13-9-6-10-14-24/h5-21H,3-4H2,1-2H3. The fourth-order valence-corrected chi connectivity index (χ4v) is 6.14. The Hall–Kier alpha value is -3.17. The summed E-state index contributed by atoms with van der Waals surface area (Å²) in [4.78, 5) is 0. The van der Waals surface area contributed by atoms with Crippen LogP contribution in [0.1, 0.15) is 30.5 Å². The molecule has 0 radical (unpaired) electrons. The summed E-state index contributed by atoms with van der Waals surface area (Å²) in [7, 11) is -3.35. The molecule has 4 aromatic carbocycles. The van der Waals surface area contributed by atoms with E-state index in [9.17, 15) is 4.57 Å². The van der Waals surface area contributed by atoms with Gasteiger partial charge in [0.1, 0.15) is 5.75 Å². The zero-order valence-electron chi connectivity index (χ0n) is 19.3. The molecule has 1 heterocycles. The molecular formula is C29H27O4P. The molecule has 0 spiro atoms. The van der Waals surface area contributed by atoms with Crippen LogP contribution >= 0.6 is 7.60 Å². The molecule has 4 aromatic rings. The zero-order valence-corrected chi connectivity index (χ0v) is 20.2. The quantitative estimate of drug-likeness (QED) is 0.271. The molecule has 0 amide bonds. The van der Waals surface area contributed by atoms with Crippen LogP contribution in [0.15, 0.2) is 97.1 Å². The molecule has 0 aliphatic carbocycles. The first-order valence-electron chi connectivity index (χ1n) is 11.6. The predicted octanol–water partition coefficient (Wildman–Crippen LogP) is 7.08. The van der Waals surface area contributed by atoms with Crippen LogP contribution in [0, 0.1) is 0 Å². The largest absolute Gasteiger partial charge is 0.473 e. The van der Waals surface area contributed by atoms with E-state index in [-0.39, 0.29) is 0 Å². The van der Waals surface area contributed by atoms with Crippen LogP contribution in [0.4, 0.5) is 0 Å². The van der Waals surface area contributed by atoms with E-state index in [4.69, 9.17) is 13.8 Å². The molecule has 5 rings (SSSR count). The van der Waals surface area contributed by atoms with Crippen LogP contribution in [0.25, 0.3) is 16.8 Å². The molecule has 0 bridgehead atoms. The molecule has 0 unspecified atom stereocenters. The molecule has 1 aliphatic heterocycles. The predicted molar refractivity (Wildman–Crippen MR) is 138 cm³/mol. The second-order valence-electron chi connectivity index (χ2n) is 8.12. The molecule has 172 valence electrons. The number of hydrogen-bond acceptors (Lipinski definition) is 4. The van der Waals surface area contributed by atoms with Crippen molar-refractivity contribution in [1.29, 1.82) is 0 Å². The fraction of sp³-hybridized carbons (Fsp3) is 0.172. The normalized spacial score (nSPS) is 14.5. The lowest BCUT2D eigenvalue weighted by atomic mass is 9.83. The molecule has 0 atom stereocenters. The van der Waals surface area contributed by atoms with E-state index in [1.54, 1.807) is 0 Å². The first-order chi connectivity index (χ1) is 16.6. The van der Waals surface area contributed by atoms with E-state index >= 15 is 0 Å². The summed E-state index contributed by atoms with van der Waals surface area (Å²) in [6, 6.07) is 30.2. The minimum atomic E-state index is -3.35. The van der Waals surface area contributed by atoms with Gasteiger partial charge < -0.3 is 13.8 Å². The van der Waals surface area contributed by atoms with Gasteiger partial charge in [-0.05, 0) is 55.0 Å². The average molecular weight is 471 g/mol. The van der Waals surface area contributed by atoms with Crippen LogP contribution in [0.5, 0.6) is 5.75 Å². The molecule has 4 nitrogen and oxygen atoms in total. The Kier molecular flexibility index (Phi) is 6.14. The third kappa shape index (κ3) is 3.88. The van der Waals surface area contributed by atoms with Crippen LogP contribution in [-0.2, 0) is 19.2 Å². The summed E-state index contributed by atoms with van der Waals surface area (Å²) in [5.74, 6) is 0.799. The topological polar surface area (TPSA) is 44.8 Å². The van der Waals surface area contributed by atoms with Gasteiger partial charge in [-0.25, -0.2) is 0 Å². The molecule has 0 N–H and O–H groups in total. The van der Waals surface area contributed by atoms with Crippen molar-refractivity contribution in [1.82, 2.24) is 0 Å². The highest BCUT2D eigenvalue weighted by Gasteiger charge is 2.37. The lowest BCUT2D eigenvalue weighted by Gasteiger charge is -2.36. The Bertz CT molecular complexity index is 1330. The van der Waals surface area contributed by atoms with Gasteiger partial charge in [0.2, 0.25) is 0 Å². The Morgan fingerprint density at radius 3 is 2.00 bits per heavy atom. The van der Waals surface area contributed by atoms with Gasteiger partial charge in [-0.2, -0.15) is 0 Å². The van der Waals surface area contributed by atoms with Crippen molar-refractivity contribution in [2.24, 2.45) is 0 Å². The third-order valence-corrected chi connectivity index (χ3v) is 8.19. The molecule has 0 saturated heterocycles. The maximum Gasteiger partial charge on any atom is 0.361 e. The van der Waals surface area contributed by atoms with Crippen LogP contribution < -0.4 is 10.0 Å². The Morgan fingerprint density at radius 2 is 1.41 bits per heavy atom. The SMILES string of the molecule is CCOP(=O)(OCC)c1ccc2c3c(ccc2c1)OC(c1ccccc1)(c1ccccc1)C=C3. The van der Waals surface area contributed by atoms with Crippen molar-refractivity contribution in [3.05, 3.63) is 114 Å². The van der Waals surface area contributed by atoms with Crippen molar-refractivity contribution in [2.75, 3.05) is 13.2 Å². The van der Waals surface area contributed by atoms with Gasteiger partial charge in [0.15, 0.2) is 5.60 Å². The van der Waals surface area contributed by atoms with Crippen molar-refractivity contribution in [3.8, 4) is 5.75 Å². The maximum atomic E-state index is 13.3. The number of rotatable bonds is 7. The molecule has 0 aromatic heterocycles. The highest BCUT2D eigenvalue weighted by molar-refractivity contribution is 7.62. The number of benzene rings is 4. The van der Waals surface area contributed by atoms with Crippen LogP contribution in [-0.4, -0.2) is 13.2 Å². The van der Waals surface area contributed by atoms with Crippen molar-refractivity contribution >= 4 is 29.7 Å². The summed E-state index contributed by atoms with van der Waals surface area (Å²) in [6.45, 7) is 4.27. The molecule has 5 heteroatoms. The van der Waals surface area contributed by atoms with E-state index < -0.39 is 13.2 Å². The minimum absolute atomic E-state index is 0.317. The fourth-order valence-electron chi connectivity index (χ4n) is 4.54.